The number of carbonyl (C=O) groups excluding carboxylic acids is 1. The first-order valence-electron chi connectivity index (χ1n) is 6.16. The lowest BCUT2D eigenvalue weighted by atomic mass is 10.1. The number of hydrogen-bond acceptors (Lipinski definition) is 3. The first-order valence-corrected chi connectivity index (χ1v) is 6.54. The summed E-state index contributed by atoms with van der Waals surface area (Å²) in [5, 5.41) is 3.27. The molecule has 4 nitrogen and oxygen atoms in total. The highest BCUT2D eigenvalue weighted by atomic mass is 35.5. The number of hydrogen-bond donors (Lipinski definition) is 1. The maximum absolute atomic E-state index is 12.0. The molecule has 20 heavy (non-hydrogen) atoms. The molecule has 0 aliphatic carbocycles. The van der Waals surface area contributed by atoms with Gasteiger partial charge in [-0.25, -0.2) is 4.98 Å². The Labute approximate surface area is 122 Å². The Hall–Kier alpha value is -2.07. The zero-order valence-electron chi connectivity index (χ0n) is 11.3. The van der Waals surface area contributed by atoms with E-state index in [1.54, 1.807) is 19.2 Å². The van der Waals surface area contributed by atoms with Crippen LogP contribution in [-0.2, 0) is 0 Å². The fourth-order valence-corrected chi connectivity index (χ4v) is 1.88. The van der Waals surface area contributed by atoms with Crippen molar-refractivity contribution in [1.29, 1.82) is 0 Å². The van der Waals surface area contributed by atoms with Gasteiger partial charge in [-0.2, -0.15) is 0 Å². The van der Waals surface area contributed by atoms with E-state index in [2.05, 4.69) is 10.3 Å². The van der Waals surface area contributed by atoms with Crippen LogP contribution in [0.4, 0.5) is 0 Å². The number of aromatic nitrogens is 1. The van der Waals surface area contributed by atoms with Crippen molar-refractivity contribution < 1.29 is 9.53 Å². The van der Waals surface area contributed by atoms with Gasteiger partial charge in [0.25, 0.3) is 5.91 Å². The van der Waals surface area contributed by atoms with Gasteiger partial charge in [-0.05, 0) is 36.8 Å². The Bertz CT molecular complexity index is 582. The molecule has 2 rings (SSSR count). The average Bonchev–Trinajstić information content (AvgIpc) is 2.48. The number of carbonyl (C=O) groups is 1. The van der Waals surface area contributed by atoms with Crippen LogP contribution in [0.25, 0.3) is 0 Å². The van der Waals surface area contributed by atoms with E-state index in [1.165, 1.54) is 6.20 Å². The lowest BCUT2D eigenvalue weighted by Gasteiger charge is -2.14. The summed E-state index contributed by atoms with van der Waals surface area (Å²) >= 11 is 5.69. The van der Waals surface area contributed by atoms with Crippen LogP contribution in [0.2, 0.25) is 5.15 Å². The number of methoxy groups -OCH3 is 1. The molecule has 1 atom stereocenters. The summed E-state index contributed by atoms with van der Waals surface area (Å²) < 4.78 is 5.10. The zero-order chi connectivity index (χ0) is 14.5. The minimum Gasteiger partial charge on any atom is -0.497 e. The minimum absolute atomic E-state index is 0.107. The Morgan fingerprint density at radius 2 is 1.95 bits per heavy atom. The van der Waals surface area contributed by atoms with Crippen molar-refractivity contribution in [3.05, 3.63) is 58.9 Å². The molecule has 1 amide bonds. The molecule has 1 aromatic heterocycles. The van der Waals surface area contributed by atoms with Crippen LogP contribution in [0.1, 0.15) is 28.9 Å². The highest BCUT2D eigenvalue weighted by Crippen LogP contribution is 2.17. The third-order valence-corrected chi connectivity index (χ3v) is 3.18. The van der Waals surface area contributed by atoms with E-state index in [4.69, 9.17) is 16.3 Å². The summed E-state index contributed by atoms with van der Waals surface area (Å²) in [6, 6.07) is 10.7. The first-order chi connectivity index (χ1) is 9.60. The van der Waals surface area contributed by atoms with Crippen molar-refractivity contribution in [3.63, 3.8) is 0 Å². The molecular weight excluding hydrogens is 276 g/mol. The van der Waals surface area contributed by atoms with Crippen LogP contribution in [0.5, 0.6) is 5.75 Å². The second kappa shape index (κ2) is 6.39. The van der Waals surface area contributed by atoms with Crippen molar-refractivity contribution in [2.75, 3.05) is 7.11 Å². The van der Waals surface area contributed by atoms with Gasteiger partial charge < -0.3 is 10.1 Å². The highest BCUT2D eigenvalue weighted by molar-refractivity contribution is 6.29. The van der Waals surface area contributed by atoms with Crippen LogP contribution in [0.3, 0.4) is 0 Å². The van der Waals surface area contributed by atoms with Gasteiger partial charge in [0.05, 0.1) is 18.7 Å². The Morgan fingerprint density at radius 3 is 2.50 bits per heavy atom. The predicted octanol–water partition coefficient (Wildman–Crippen LogP) is 3.23. The second-order valence-electron chi connectivity index (χ2n) is 4.34. The van der Waals surface area contributed by atoms with E-state index in [9.17, 15) is 4.79 Å². The first kappa shape index (κ1) is 14.3. The molecule has 0 radical (unpaired) electrons. The number of nitrogens with zero attached hydrogens (tertiary/aromatic N) is 1. The molecule has 104 valence electrons. The largest absolute Gasteiger partial charge is 0.497 e. The third kappa shape index (κ3) is 3.48. The predicted molar refractivity (Wildman–Crippen MR) is 78.1 cm³/mol. The van der Waals surface area contributed by atoms with Crippen molar-refractivity contribution in [2.24, 2.45) is 0 Å². The summed E-state index contributed by atoms with van der Waals surface area (Å²) in [4.78, 5) is 15.9. The molecule has 1 aromatic carbocycles. The SMILES string of the molecule is COc1ccc(C(C)NC(=O)c2ccc(Cl)nc2)cc1. The number of amides is 1. The number of pyridine rings is 1. The molecule has 0 saturated heterocycles. The topological polar surface area (TPSA) is 51.2 Å². The van der Waals surface area contributed by atoms with E-state index < -0.39 is 0 Å². The van der Waals surface area contributed by atoms with E-state index in [0.29, 0.717) is 10.7 Å². The summed E-state index contributed by atoms with van der Waals surface area (Å²) in [7, 11) is 1.62. The number of benzene rings is 1. The Balaban J connectivity index is 2.04. The van der Waals surface area contributed by atoms with E-state index in [1.807, 2.05) is 31.2 Å². The molecule has 0 aliphatic heterocycles. The number of ether oxygens (including phenoxy) is 1. The molecule has 1 unspecified atom stereocenters. The molecule has 0 fully saturated rings. The van der Waals surface area contributed by atoms with Gasteiger partial charge in [0.15, 0.2) is 0 Å². The maximum atomic E-state index is 12.0. The normalized spacial score (nSPS) is 11.8. The van der Waals surface area contributed by atoms with Gasteiger partial charge in [-0.1, -0.05) is 23.7 Å². The minimum atomic E-state index is -0.183. The molecule has 2 aromatic rings. The average molecular weight is 291 g/mol. The van der Waals surface area contributed by atoms with E-state index in [0.717, 1.165) is 11.3 Å². The van der Waals surface area contributed by atoms with Crippen LogP contribution >= 0.6 is 11.6 Å². The molecule has 5 heteroatoms. The summed E-state index contributed by atoms with van der Waals surface area (Å²) in [5.41, 5.74) is 1.48. The molecular formula is C15H15ClN2O2. The van der Waals surface area contributed by atoms with Gasteiger partial charge in [-0.3, -0.25) is 4.79 Å². The molecule has 0 aliphatic rings. The van der Waals surface area contributed by atoms with Crippen LogP contribution < -0.4 is 10.1 Å². The number of halogens is 1. The fraction of sp³-hybridized carbons (Fsp3) is 0.200. The van der Waals surface area contributed by atoms with E-state index >= 15 is 0 Å². The van der Waals surface area contributed by atoms with Gasteiger partial charge in [0.2, 0.25) is 0 Å². The molecule has 0 saturated carbocycles. The Kier molecular flexibility index (Phi) is 4.58. The molecule has 0 spiro atoms. The standard InChI is InChI=1S/C15H15ClN2O2/c1-10(11-3-6-13(20-2)7-4-11)18-15(19)12-5-8-14(16)17-9-12/h3-10H,1-2H3,(H,18,19). The van der Waals surface area contributed by atoms with Crippen LogP contribution in [0, 0.1) is 0 Å². The van der Waals surface area contributed by atoms with Gasteiger partial charge >= 0.3 is 0 Å². The van der Waals surface area contributed by atoms with Crippen molar-refractivity contribution in [2.45, 2.75) is 13.0 Å². The van der Waals surface area contributed by atoms with Crippen LogP contribution in [-0.4, -0.2) is 18.0 Å². The lowest BCUT2D eigenvalue weighted by Crippen LogP contribution is -2.26. The van der Waals surface area contributed by atoms with Crippen molar-refractivity contribution >= 4 is 17.5 Å². The third-order valence-electron chi connectivity index (χ3n) is 2.95. The smallest absolute Gasteiger partial charge is 0.253 e. The van der Waals surface area contributed by atoms with Gasteiger partial charge in [0.1, 0.15) is 10.9 Å². The summed E-state index contributed by atoms with van der Waals surface area (Å²) in [6.07, 6.45) is 1.46. The van der Waals surface area contributed by atoms with Crippen LogP contribution in [0.15, 0.2) is 42.6 Å². The summed E-state index contributed by atoms with van der Waals surface area (Å²) in [6.45, 7) is 1.92. The van der Waals surface area contributed by atoms with Crippen molar-refractivity contribution in [3.8, 4) is 5.75 Å². The monoisotopic (exact) mass is 290 g/mol. The highest BCUT2D eigenvalue weighted by Gasteiger charge is 2.11. The van der Waals surface area contributed by atoms with Crippen molar-refractivity contribution in [1.82, 2.24) is 10.3 Å². The number of rotatable bonds is 4. The maximum Gasteiger partial charge on any atom is 0.253 e. The number of nitrogens with one attached hydrogen (secondary N) is 1. The fourth-order valence-electron chi connectivity index (χ4n) is 1.77. The molecule has 0 bridgehead atoms. The zero-order valence-corrected chi connectivity index (χ0v) is 12.0. The Morgan fingerprint density at radius 1 is 1.25 bits per heavy atom. The van der Waals surface area contributed by atoms with Gasteiger partial charge in [0, 0.05) is 6.20 Å². The molecule has 1 heterocycles. The quantitative estimate of drug-likeness (QED) is 0.880. The van der Waals surface area contributed by atoms with E-state index in [-0.39, 0.29) is 11.9 Å². The lowest BCUT2D eigenvalue weighted by molar-refractivity contribution is 0.0939. The molecule has 1 N–H and O–H groups in total. The second-order valence-corrected chi connectivity index (χ2v) is 4.73. The van der Waals surface area contributed by atoms with Gasteiger partial charge in [-0.15, -0.1) is 0 Å². The summed E-state index contributed by atoms with van der Waals surface area (Å²) in [5.74, 6) is 0.603.